The highest BCUT2D eigenvalue weighted by Gasteiger charge is 2.22. The molecule has 18 heavy (non-hydrogen) atoms. The molecule has 0 saturated carbocycles. The predicted molar refractivity (Wildman–Crippen MR) is 73.7 cm³/mol. The summed E-state index contributed by atoms with van der Waals surface area (Å²) in [5, 5.41) is 3.22. The third kappa shape index (κ3) is 3.71. The number of methoxy groups -OCH3 is 1. The third-order valence-corrected chi connectivity index (χ3v) is 4.37. The predicted octanol–water partition coefficient (Wildman–Crippen LogP) is 2.32. The monoisotopic (exact) mass is 271 g/mol. The van der Waals surface area contributed by atoms with Crippen molar-refractivity contribution in [2.24, 2.45) is 0 Å². The number of rotatable bonds is 6. The maximum atomic E-state index is 12.0. The fourth-order valence-electron chi connectivity index (χ4n) is 1.76. The first-order valence-corrected chi connectivity index (χ1v) is 7.56. The number of hydrogen-bond acceptors (Lipinski definition) is 4. The molecule has 4 nitrogen and oxygen atoms in total. The van der Waals surface area contributed by atoms with Gasteiger partial charge >= 0.3 is 0 Å². The molecule has 0 aliphatic rings. The van der Waals surface area contributed by atoms with Crippen molar-refractivity contribution in [1.29, 1.82) is 0 Å². The number of nitrogens with one attached hydrogen (secondary N) is 1. The van der Waals surface area contributed by atoms with Crippen molar-refractivity contribution in [1.82, 2.24) is 0 Å². The normalized spacial score (nSPS) is 12.4. The van der Waals surface area contributed by atoms with E-state index in [1.807, 2.05) is 19.9 Å². The van der Waals surface area contributed by atoms with Crippen molar-refractivity contribution in [2.75, 3.05) is 24.8 Å². The van der Waals surface area contributed by atoms with E-state index in [0.29, 0.717) is 17.2 Å². The zero-order valence-corrected chi connectivity index (χ0v) is 12.2. The molecule has 0 fully saturated rings. The Hall–Kier alpha value is -1.07. The van der Waals surface area contributed by atoms with Crippen LogP contribution >= 0.6 is 0 Å². The maximum absolute atomic E-state index is 12.0. The highest BCUT2D eigenvalue weighted by molar-refractivity contribution is 7.91. The molecular formula is C13H21NO3S. The van der Waals surface area contributed by atoms with Crippen LogP contribution in [0.5, 0.6) is 0 Å². The highest BCUT2D eigenvalue weighted by Crippen LogP contribution is 2.25. The smallest absolute Gasteiger partial charge is 0.180 e. The lowest BCUT2D eigenvalue weighted by atomic mass is 10.1. The Kier molecular flexibility index (Phi) is 4.76. The molecule has 1 rings (SSSR count). The van der Waals surface area contributed by atoms with E-state index >= 15 is 0 Å². The molecule has 0 aliphatic heterocycles. The summed E-state index contributed by atoms with van der Waals surface area (Å²) >= 11 is 0. The van der Waals surface area contributed by atoms with E-state index in [1.165, 1.54) is 0 Å². The van der Waals surface area contributed by atoms with E-state index in [0.717, 1.165) is 0 Å². The van der Waals surface area contributed by atoms with E-state index in [-0.39, 0.29) is 11.3 Å². The van der Waals surface area contributed by atoms with Crippen LogP contribution in [0, 0.1) is 0 Å². The fourth-order valence-corrected chi connectivity index (χ4v) is 2.81. The first-order valence-electron chi connectivity index (χ1n) is 5.91. The van der Waals surface area contributed by atoms with Gasteiger partial charge in [-0.05, 0) is 26.0 Å². The summed E-state index contributed by atoms with van der Waals surface area (Å²) in [5.41, 5.74) is 0.301. The molecule has 0 saturated heterocycles. The molecular weight excluding hydrogens is 250 g/mol. The summed E-state index contributed by atoms with van der Waals surface area (Å²) in [6.07, 6.45) is 0. The van der Waals surface area contributed by atoms with E-state index < -0.39 is 9.84 Å². The maximum Gasteiger partial charge on any atom is 0.180 e. The first-order chi connectivity index (χ1) is 8.32. The zero-order chi connectivity index (χ0) is 13.8. The van der Waals surface area contributed by atoms with Crippen LogP contribution in [0.3, 0.4) is 0 Å². The Morgan fingerprint density at radius 3 is 2.44 bits per heavy atom. The van der Waals surface area contributed by atoms with Crippen molar-refractivity contribution in [3.63, 3.8) is 0 Å². The van der Waals surface area contributed by atoms with Gasteiger partial charge in [-0.2, -0.15) is 0 Å². The molecule has 5 heteroatoms. The van der Waals surface area contributed by atoms with Gasteiger partial charge in [-0.3, -0.25) is 0 Å². The molecule has 0 aromatic heterocycles. The van der Waals surface area contributed by atoms with Crippen LogP contribution in [0.1, 0.15) is 20.8 Å². The van der Waals surface area contributed by atoms with Gasteiger partial charge in [0.15, 0.2) is 9.84 Å². The summed E-state index contributed by atoms with van der Waals surface area (Å²) in [6.45, 7) is 6.07. The van der Waals surface area contributed by atoms with E-state index in [4.69, 9.17) is 4.74 Å². The second-order valence-electron chi connectivity index (χ2n) is 4.84. The van der Waals surface area contributed by atoms with Crippen LogP contribution in [0.25, 0.3) is 0 Å². The van der Waals surface area contributed by atoms with Crippen LogP contribution in [0.2, 0.25) is 0 Å². The van der Waals surface area contributed by atoms with Crippen LogP contribution in [0.4, 0.5) is 5.69 Å². The first kappa shape index (κ1) is 15.0. The Balaban J connectivity index is 3.11. The van der Waals surface area contributed by atoms with Gasteiger partial charge in [0.25, 0.3) is 0 Å². The zero-order valence-electron chi connectivity index (χ0n) is 11.4. The van der Waals surface area contributed by atoms with Crippen LogP contribution in [0.15, 0.2) is 29.2 Å². The van der Waals surface area contributed by atoms with Gasteiger partial charge in [0.2, 0.25) is 0 Å². The second-order valence-corrected chi connectivity index (χ2v) is 7.09. The van der Waals surface area contributed by atoms with Crippen molar-refractivity contribution in [3.05, 3.63) is 24.3 Å². The van der Waals surface area contributed by atoms with Gasteiger partial charge < -0.3 is 10.1 Å². The lowest BCUT2D eigenvalue weighted by Crippen LogP contribution is -2.36. The van der Waals surface area contributed by atoms with Crippen LogP contribution in [-0.4, -0.2) is 33.4 Å². The van der Waals surface area contributed by atoms with E-state index in [1.54, 1.807) is 32.2 Å². The fraction of sp³-hybridized carbons (Fsp3) is 0.538. The van der Waals surface area contributed by atoms with Crippen molar-refractivity contribution < 1.29 is 13.2 Å². The molecule has 0 bridgehead atoms. The Bertz CT molecular complexity index is 495. The molecule has 1 aromatic carbocycles. The standard InChI is InChI=1S/C13H21NO3S/c1-5-18(15,16)12-9-7-6-8-11(12)14-13(2,3)10-17-4/h6-9,14H,5,10H2,1-4H3. The summed E-state index contributed by atoms with van der Waals surface area (Å²) < 4.78 is 29.1. The lowest BCUT2D eigenvalue weighted by molar-refractivity contribution is 0.158. The van der Waals surface area contributed by atoms with Crippen LogP contribution in [-0.2, 0) is 14.6 Å². The number of ether oxygens (including phenoxy) is 1. The number of anilines is 1. The van der Waals surface area contributed by atoms with E-state index in [2.05, 4.69) is 5.32 Å². The minimum Gasteiger partial charge on any atom is -0.382 e. The van der Waals surface area contributed by atoms with Crippen molar-refractivity contribution in [2.45, 2.75) is 31.2 Å². The molecule has 1 aromatic rings. The summed E-state index contributed by atoms with van der Waals surface area (Å²) in [6, 6.07) is 6.96. The molecule has 0 atom stereocenters. The Morgan fingerprint density at radius 1 is 1.28 bits per heavy atom. The molecule has 0 aliphatic carbocycles. The molecule has 0 heterocycles. The quantitative estimate of drug-likeness (QED) is 0.862. The average Bonchev–Trinajstić information content (AvgIpc) is 2.28. The molecule has 102 valence electrons. The number of hydrogen-bond donors (Lipinski definition) is 1. The van der Waals surface area contributed by atoms with Gasteiger partial charge in [-0.1, -0.05) is 19.1 Å². The summed E-state index contributed by atoms with van der Waals surface area (Å²) in [7, 11) is -1.60. The van der Waals surface area contributed by atoms with Crippen molar-refractivity contribution in [3.8, 4) is 0 Å². The van der Waals surface area contributed by atoms with E-state index in [9.17, 15) is 8.42 Å². The number of sulfone groups is 1. The number of para-hydroxylation sites is 1. The van der Waals surface area contributed by atoms with Crippen LogP contribution < -0.4 is 5.32 Å². The number of benzene rings is 1. The third-order valence-electron chi connectivity index (χ3n) is 2.58. The Morgan fingerprint density at radius 2 is 1.89 bits per heavy atom. The largest absolute Gasteiger partial charge is 0.382 e. The van der Waals surface area contributed by atoms with Gasteiger partial charge in [-0.25, -0.2) is 8.42 Å². The van der Waals surface area contributed by atoms with Crippen molar-refractivity contribution >= 4 is 15.5 Å². The van der Waals surface area contributed by atoms with Gasteiger partial charge in [0.1, 0.15) is 0 Å². The van der Waals surface area contributed by atoms with Gasteiger partial charge in [0.05, 0.1) is 28.5 Å². The molecule has 0 radical (unpaired) electrons. The van der Waals surface area contributed by atoms with Gasteiger partial charge in [-0.15, -0.1) is 0 Å². The summed E-state index contributed by atoms with van der Waals surface area (Å²) in [5.74, 6) is 0.0937. The lowest BCUT2D eigenvalue weighted by Gasteiger charge is -2.27. The molecule has 1 N–H and O–H groups in total. The minimum atomic E-state index is -3.22. The average molecular weight is 271 g/mol. The highest BCUT2D eigenvalue weighted by atomic mass is 32.2. The second kappa shape index (κ2) is 5.71. The topological polar surface area (TPSA) is 55.4 Å². The minimum absolute atomic E-state index is 0.0937. The Labute approximate surface area is 109 Å². The molecule has 0 amide bonds. The SMILES string of the molecule is CCS(=O)(=O)c1ccccc1NC(C)(C)COC. The molecule has 0 unspecified atom stereocenters. The molecule has 0 spiro atoms. The van der Waals surface area contributed by atoms with Gasteiger partial charge in [0, 0.05) is 7.11 Å². The summed E-state index contributed by atoms with van der Waals surface area (Å²) in [4.78, 5) is 0.344.